The summed E-state index contributed by atoms with van der Waals surface area (Å²) in [7, 11) is 0. The molecule has 1 saturated carbocycles. The Hall–Kier alpha value is -1.69. The average molecular weight is 254 g/mol. The number of nitro benzene ring substituents is 1. The van der Waals surface area contributed by atoms with E-state index in [9.17, 15) is 19.6 Å². The molecule has 0 radical (unpaired) electrons. The van der Waals surface area contributed by atoms with E-state index >= 15 is 0 Å². The predicted octanol–water partition coefficient (Wildman–Crippen LogP) is 2.31. The average Bonchev–Trinajstić information content (AvgIpc) is 2.78. The van der Waals surface area contributed by atoms with Crippen LogP contribution in [0, 0.1) is 21.8 Å². The Morgan fingerprint density at radius 3 is 2.94 bits per heavy atom. The fourth-order valence-electron chi connectivity index (χ4n) is 2.42. The Bertz CT molecular complexity index is 453. The molecule has 2 atom stereocenters. The Morgan fingerprint density at radius 2 is 2.28 bits per heavy atom. The Kier molecular flexibility index (Phi) is 3.76. The first kappa shape index (κ1) is 12.8. The van der Waals surface area contributed by atoms with Gasteiger partial charge in [-0.1, -0.05) is 6.42 Å². The summed E-state index contributed by atoms with van der Waals surface area (Å²) in [6.07, 6.45) is 2.75. The van der Waals surface area contributed by atoms with Crippen LogP contribution in [0.3, 0.4) is 0 Å². The van der Waals surface area contributed by atoms with Gasteiger partial charge >= 0.3 is 0 Å². The van der Waals surface area contributed by atoms with E-state index in [1.54, 1.807) is 0 Å². The third-order valence-electron chi connectivity index (χ3n) is 3.39. The second-order valence-electron chi connectivity index (χ2n) is 4.54. The van der Waals surface area contributed by atoms with Crippen molar-refractivity contribution >= 4 is 11.4 Å². The first-order valence-corrected chi connectivity index (χ1v) is 5.93. The van der Waals surface area contributed by atoms with E-state index in [-0.39, 0.29) is 24.3 Å². The predicted molar refractivity (Wildman–Crippen MR) is 64.9 cm³/mol. The first-order chi connectivity index (χ1) is 8.61. The van der Waals surface area contributed by atoms with Crippen LogP contribution in [-0.2, 0) is 0 Å². The van der Waals surface area contributed by atoms with Crippen LogP contribution in [0.25, 0.3) is 0 Å². The zero-order valence-corrected chi connectivity index (χ0v) is 9.80. The molecular weight excluding hydrogens is 239 g/mol. The summed E-state index contributed by atoms with van der Waals surface area (Å²) in [5.41, 5.74) is 0.0466. The SMILES string of the molecule is O=[N+]([O-])c1cc(F)ccc1NC1CCCC1CO. The molecule has 1 aliphatic carbocycles. The number of nitro groups is 1. The van der Waals surface area contributed by atoms with Gasteiger partial charge in [0.05, 0.1) is 11.0 Å². The van der Waals surface area contributed by atoms with Crippen LogP contribution in [-0.4, -0.2) is 22.7 Å². The molecular formula is C12H15FN2O3. The molecule has 2 N–H and O–H groups in total. The maximum Gasteiger partial charge on any atom is 0.295 e. The normalized spacial score (nSPS) is 23.0. The number of aliphatic hydroxyl groups excluding tert-OH is 1. The van der Waals surface area contributed by atoms with Crippen LogP contribution < -0.4 is 5.32 Å². The van der Waals surface area contributed by atoms with E-state index in [1.165, 1.54) is 12.1 Å². The fraction of sp³-hybridized carbons (Fsp3) is 0.500. The molecule has 1 fully saturated rings. The van der Waals surface area contributed by atoms with Crippen LogP contribution in [0.5, 0.6) is 0 Å². The number of aliphatic hydroxyl groups is 1. The third-order valence-corrected chi connectivity index (χ3v) is 3.39. The van der Waals surface area contributed by atoms with E-state index in [0.717, 1.165) is 25.3 Å². The molecule has 0 saturated heterocycles. The van der Waals surface area contributed by atoms with Crippen LogP contribution in [0.1, 0.15) is 19.3 Å². The minimum absolute atomic E-state index is 0.0131. The lowest BCUT2D eigenvalue weighted by atomic mass is 10.0. The first-order valence-electron chi connectivity index (χ1n) is 5.93. The molecule has 98 valence electrons. The smallest absolute Gasteiger partial charge is 0.295 e. The van der Waals surface area contributed by atoms with Gasteiger partial charge in [0.15, 0.2) is 0 Å². The molecule has 0 spiro atoms. The number of halogens is 1. The molecule has 0 bridgehead atoms. The molecule has 2 unspecified atom stereocenters. The van der Waals surface area contributed by atoms with Gasteiger partial charge in [-0.3, -0.25) is 10.1 Å². The molecule has 6 heteroatoms. The molecule has 2 rings (SSSR count). The zero-order chi connectivity index (χ0) is 13.1. The minimum atomic E-state index is -0.627. The number of hydrogen-bond donors (Lipinski definition) is 2. The zero-order valence-electron chi connectivity index (χ0n) is 9.80. The van der Waals surface area contributed by atoms with Crippen molar-refractivity contribution in [1.82, 2.24) is 0 Å². The summed E-state index contributed by atoms with van der Waals surface area (Å²) in [6.45, 7) is 0.0622. The maximum absolute atomic E-state index is 13.0. The van der Waals surface area contributed by atoms with Crippen molar-refractivity contribution in [1.29, 1.82) is 0 Å². The van der Waals surface area contributed by atoms with Crippen LogP contribution in [0.15, 0.2) is 18.2 Å². The van der Waals surface area contributed by atoms with E-state index in [0.29, 0.717) is 5.69 Å². The van der Waals surface area contributed by atoms with Crippen LogP contribution in [0.2, 0.25) is 0 Å². The number of nitrogens with one attached hydrogen (secondary N) is 1. The molecule has 1 aliphatic rings. The standard InChI is InChI=1S/C12H15FN2O3/c13-9-4-5-11(12(6-9)15(17)18)14-10-3-1-2-8(10)7-16/h4-6,8,10,14,16H,1-3,7H2. The van der Waals surface area contributed by atoms with Gasteiger partial charge in [0.25, 0.3) is 5.69 Å². The van der Waals surface area contributed by atoms with Crippen molar-refractivity contribution in [2.24, 2.45) is 5.92 Å². The minimum Gasteiger partial charge on any atom is -0.396 e. The highest BCUT2D eigenvalue weighted by Crippen LogP contribution is 2.32. The second-order valence-corrected chi connectivity index (χ2v) is 4.54. The van der Waals surface area contributed by atoms with E-state index in [4.69, 9.17) is 0 Å². The number of hydrogen-bond acceptors (Lipinski definition) is 4. The monoisotopic (exact) mass is 254 g/mol. The maximum atomic E-state index is 13.0. The second kappa shape index (κ2) is 5.30. The Morgan fingerprint density at radius 1 is 1.50 bits per heavy atom. The third kappa shape index (κ3) is 2.59. The lowest BCUT2D eigenvalue weighted by Crippen LogP contribution is -2.26. The summed E-state index contributed by atoms with van der Waals surface area (Å²) in [6, 6.07) is 3.49. The molecule has 0 aliphatic heterocycles. The molecule has 1 aromatic rings. The highest BCUT2D eigenvalue weighted by molar-refractivity contribution is 5.62. The van der Waals surface area contributed by atoms with Crippen LogP contribution >= 0.6 is 0 Å². The lowest BCUT2D eigenvalue weighted by Gasteiger charge is -2.20. The highest BCUT2D eigenvalue weighted by Gasteiger charge is 2.28. The number of nitrogens with zero attached hydrogens (tertiary/aromatic N) is 1. The van der Waals surface area contributed by atoms with Gasteiger partial charge in [-0.25, -0.2) is 4.39 Å². The molecule has 5 nitrogen and oxygen atoms in total. The summed E-state index contributed by atoms with van der Waals surface area (Å²) in [5, 5.41) is 23.1. The molecule has 1 aromatic carbocycles. The van der Waals surface area contributed by atoms with Gasteiger partial charge in [-0.15, -0.1) is 0 Å². The van der Waals surface area contributed by atoms with E-state index in [1.807, 2.05) is 0 Å². The Labute approximate surface area is 104 Å². The van der Waals surface area contributed by atoms with Crippen molar-refractivity contribution in [3.8, 4) is 0 Å². The van der Waals surface area contributed by atoms with E-state index < -0.39 is 10.7 Å². The Balaban J connectivity index is 2.20. The molecule has 0 heterocycles. The van der Waals surface area contributed by atoms with Crippen molar-refractivity contribution in [2.75, 3.05) is 11.9 Å². The highest BCUT2D eigenvalue weighted by atomic mass is 19.1. The summed E-state index contributed by atoms with van der Waals surface area (Å²) < 4.78 is 13.0. The van der Waals surface area contributed by atoms with Gasteiger partial charge in [0, 0.05) is 18.6 Å². The van der Waals surface area contributed by atoms with E-state index in [2.05, 4.69) is 5.32 Å². The van der Waals surface area contributed by atoms with Crippen molar-refractivity contribution in [2.45, 2.75) is 25.3 Å². The van der Waals surface area contributed by atoms with Crippen molar-refractivity contribution in [3.05, 3.63) is 34.1 Å². The number of rotatable bonds is 4. The fourth-order valence-corrected chi connectivity index (χ4v) is 2.42. The quantitative estimate of drug-likeness (QED) is 0.638. The summed E-state index contributed by atoms with van der Waals surface area (Å²) in [5.74, 6) is -0.521. The summed E-state index contributed by atoms with van der Waals surface area (Å²) in [4.78, 5) is 10.2. The molecule has 0 amide bonds. The molecule has 0 aromatic heterocycles. The van der Waals surface area contributed by atoms with Crippen LogP contribution in [0.4, 0.5) is 15.8 Å². The summed E-state index contributed by atoms with van der Waals surface area (Å²) >= 11 is 0. The van der Waals surface area contributed by atoms with Gasteiger partial charge in [-0.05, 0) is 25.0 Å². The van der Waals surface area contributed by atoms with Gasteiger partial charge < -0.3 is 10.4 Å². The lowest BCUT2D eigenvalue weighted by molar-refractivity contribution is -0.384. The molecule has 18 heavy (non-hydrogen) atoms. The van der Waals surface area contributed by atoms with Gasteiger partial charge in [0.2, 0.25) is 0 Å². The van der Waals surface area contributed by atoms with Gasteiger partial charge in [0.1, 0.15) is 11.5 Å². The number of anilines is 1. The topological polar surface area (TPSA) is 75.4 Å². The largest absolute Gasteiger partial charge is 0.396 e. The number of benzene rings is 1. The van der Waals surface area contributed by atoms with Gasteiger partial charge in [-0.2, -0.15) is 0 Å². The van der Waals surface area contributed by atoms with Crippen molar-refractivity contribution in [3.63, 3.8) is 0 Å². The van der Waals surface area contributed by atoms with Crippen molar-refractivity contribution < 1.29 is 14.4 Å².